The fourth-order valence-corrected chi connectivity index (χ4v) is 1.96. The summed E-state index contributed by atoms with van der Waals surface area (Å²) >= 11 is 1.30. The normalized spacial score (nSPS) is 10.0. The maximum absolute atomic E-state index is 12.7. The van der Waals surface area contributed by atoms with Gasteiger partial charge < -0.3 is 10.6 Å². The predicted octanol–water partition coefficient (Wildman–Crippen LogP) is 1.56. The summed E-state index contributed by atoms with van der Waals surface area (Å²) in [7, 11) is 0. The van der Waals surface area contributed by atoms with Crippen LogP contribution >= 0.6 is 11.8 Å². The molecular weight excluding hydrogens is 267 g/mol. The molecule has 104 valence electrons. The van der Waals surface area contributed by atoms with Crippen molar-refractivity contribution >= 4 is 23.6 Å². The number of nitrogens with one attached hydrogen (secondary N) is 2. The summed E-state index contributed by atoms with van der Waals surface area (Å²) in [4.78, 5) is 23.5. The van der Waals surface area contributed by atoms with Crippen molar-refractivity contribution in [1.82, 2.24) is 10.6 Å². The quantitative estimate of drug-likeness (QED) is 0.747. The summed E-state index contributed by atoms with van der Waals surface area (Å²) in [5, 5.41) is 5.19. The van der Waals surface area contributed by atoms with Gasteiger partial charge in [-0.1, -0.05) is 6.92 Å². The van der Waals surface area contributed by atoms with E-state index in [1.54, 1.807) is 12.1 Å². The number of thioether (sulfide) groups is 1. The van der Waals surface area contributed by atoms with E-state index in [1.807, 2.05) is 6.92 Å². The largest absolute Gasteiger partial charge is 0.355 e. The van der Waals surface area contributed by atoms with Gasteiger partial charge in [0, 0.05) is 11.4 Å². The lowest BCUT2D eigenvalue weighted by molar-refractivity contribution is -0.124. The van der Waals surface area contributed by atoms with Crippen LogP contribution in [0.2, 0.25) is 0 Å². The minimum Gasteiger partial charge on any atom is -0.355 e. The van der Waals surface area contributed by atoms with Crippen molar-refractivity contribution in [3.8, 4) is 0 Å². The molecule has 19 heavy (non-hydrogen) atoms. The van der Waals surface area contributed by atoms with Crippen LogP contribution in [-0.2, 0) is 9.59 Å². The third-order valence-corrected chi connectivity index (χ3v) is 3.21. The van der Waals surface area contributed by atoms with Gasteiger partial charge in [-0.2, -0.15) is 0 Å². The van der Waals surface area contributed by atoms with Gasteiger partial charge in [0.15, 0.2) is 0 Å². The molecule has 0 bridgehead atoms. The minimum atomic E-state index is -0.304. The molecule has 1 aromatic rings. The first kappa shape index (κ1) is 15.5. The number of halogens is 1. The highest BCUT2D eigenvalue weighted by Gasteiger charge is 2.05. The number of amides is 2. The third-order valence-electron chi connectivity index (χ3n) is 2.20. The van der Waals surface area contributed by atoms with Crippen molar-refractivity contribution in [3.05, 3.63) is 30.1 Å². The Hall–Kier alpha value is -1.56. The zero-order chi connectivity index (χ0) is 14.1. The van der Waals surface area contributed by atoms with E-state index < -0.39 is 0 Å². The number of hydrogen-bond donors (Lipinski definition) is 2. The van der Waals surface area contributed by atoms with Gasteiger partial charge in [0.1, 0.15) is 5.82 Å². The highest BCUT2D eigenvalue weighted by molar-refractivity contribution is 8.00. The second-order valence-corrected chi connectivity index (χ2v) is 4.92. The van der Waals surface area contributed by atoms with Gasteiger partial charge in [-0.05, 0) is 30.7 Å². The lowest BCUT2D eigenvalue weighted by Crippen LogP contribution is -2.37. The molecule has 0 saturated carbocycles. The SMILES string of the molecule is CCCNC(=O)CNC(=O)CSc1ccc(F)cc1. The summed E-state index contributed by atoms with van der Waals surface area (Å²) in [6.07, 6.45) is 0.861. The maximum atomic E-state index is 12.7. The summed E-state index contributed by atoms with van der Waals surface area (Å²) in [6, 6.07) is 5.92. The van der Waals surface area contributed by atoms with E-state index in [0.717, 1.165) is 11.3 Å². The van der Waals surface area contributed by atoms with Crippen molar-refractivity contribution in [2.24, 2.45) is 0 Å². The number of rotatable bonds is 7. The van der Waals surface area contributed by atoms with Gasteiger partial charge in [0.05, 0.1) is 12.3 Å². The first-order valence-electron chi connectivity index (χ1n) is 6.03. The van der Waals surface area contributed by atoms with E-state index in [4.69, 9.17) is 0 Å². The van der Waals surface area contributed by atoms with Gasteiger partial charge in [0.2, 0.25) is 11.8 Å². The lowest BCUT2D eigenvalue weighted by Gasteiger charge is -2.06. The highest BCUT2D eigenvalue weighted by atomic mass is 32.2. The topological polar surface area (TPSA) is 58.2 Å². The van der Waals surface area contributed by atoms with E-state index in [-0.39, 0.29) is 29.9 Å². The Morgan fingerprint density at radius 1 is 1.16 bits per heavy atom. The Labute approximate surface area is 116 Å². The molecule has 0 saturated heterocycles. The monoisotopic (exact) mass is 284 g/mol. The van der Waals surface area contributed by atoms with E-state index in [1.165, 1.54) is 23.9 Å². The molecule has 1 aromatic carbocycles. The Bertz CT molecular complexity index is 423. The molecule has 6 heteroatoms. The molecular formula is C13H17FN2O2S. The molecule has 0 aliphatic heterocycles. The molecule has 4 nitrogen and oxygen atoms in total. The smallest absolute Gasteiger partial charge is 0.239 e. The standard InChI is InChI=1S/C13H17FN2O2S/c1-2-7-15-12(17)8-16-13(18)9-19-11-5-3-10(14)4-6-11/h3-6H,2,7-9H2,1H3,(H,15,17)(H,16,18). The van der Waals surface area contributed by atoms with Crippen LogP contribution in [0.15, 0.2) is 29.2 Å². The van der Waals surface area contributed by atoms with Crippen molar-refractivity contribution in [2.75, 3.05) is 18.8 Å². The van der Waals surface area contributed by atoms with Crippen molar-refractivity contribution in [3.63, 3.8) is 0 Å². The highest BCUT2D eigenvalue weighted by Crippen LogP contribution is 2.17. The molecule has 0 fully saturated rings. The van der Waals surface area contributed by atoms with E-state index >= 15 is 0 Å². The van der Waals surface area contributed by atoms with Crippen LogP contribution in [0.5, 0.6) is 0 Å². The van der Waals surface area contributed by atoms with Crippen LogP contribution in [-0.4, -0.2) is 30.7 Å². The minimum absolute atomic E-state index is 0.0111. The number of hydrogen-bond acceptors (Lipinski definition) is 3. The molecule has 0 radical (unpaired) electrons. The maximum Gasteiger partial charge on any atom is 0.239 e. The summed E-state index contributed by atoms with van der Waals surface area (Å²) in [5.41, 5.74) is 0. The number of carbonyl (C=O) groups is 2. The molecule has 1 rings (SSSR count). The van der Waals surface area contributed by atoms with E-state index in [0.29, 0.717) is 6.54 Å². The zero-order valence-corrected chi connectivity index (χ0v) is 11.6. The fraction of sp³-hybridized carbons (Fsp3) is 0.385. The zero-order valence-electron chi connectivity index (χ0n) is 10.7. The third kappa shape index (κ3) is 6.81. The summed E-state index contributed by atoms with van der Waals surface area (Å²) in [6.45, 7) is 2.56. The van der Waals surface area contributed by atoms with Crippen LogP contribution in [0.3, 0.4) is 0 Å². The van der Waals surface area contributed by atoms with Gasteiger partial charge in [0.25, 0.3) is 0 Å². The number of carbonyl (C=O) groups excluding carboxylic acids is 2. The summed E-state index contributed by atoms with van der Waals surface area (Å²) in [5.74, 6) is -0.517. The van der Waals surface area contributed by atoms with Gasteiger partial charge in [-0.3, -0.25) is 9.59 Å². The molecule has 0 heterocycles. The number of benzene rings is 1. The Morgan fingerprint density at radius 3 is 2.47 bits per heavy atom. The van der Waals surface area contributed by atoms with Gasteiger partial charge >= 0.3 is 0 Å². The van der Waals surface area contributed by atoms with E-state index in [2.05, 4.69) is 10.6 Å². The van der Waals surface area contributed by atoms with Crippen LogP contribution in [0.25, 0.3) is 0 Å². The fourth-order valence-electron chi connectivity index (χ4n) is 1.24. The molecule has 0 aliphatic rings. The lowest BCUT2D eigenvalue weighted by atomic mass is 10.4. The second-order valence-electron chi connectivity index (χ2n) is 3.87. The van der Waals surface area contributed by atoms with Crippen LogP contribution in [0.4, 0.5) is 4.39 Å². The van der Waals surface area contributed by atoms with Crippen molar-refractivity contribution < 1.29 is 14.0 Å². The Morgan fingerprint density at radius 2 is 1.84 bits per heavy atom. The Kier molecular flexibility index (Phi) is 6.95. The predicted molar refractivity (Wildman–Crippen MR) is 73.4 cm³/mol. The van der Waals surface area contributed by atoms with E-state index in [9.17, 15) is 14.0 Å². The Balaban J connectivity index is 2.21. The molecule has 0 aromatic heterocycles. The molecule has 0 atom stereocenters. The van der Waals surface area contributed by atoms with Crippen LogP contribution in [0, 0.1) is 5.82 Å². The molecule has 0 spiro atoms. The van der Waals surface area contributed by atoms with Crippen molar-refractivity contribution in [2.45, 2.75) is 18.2 Å². The van der Waals surface area contributed by atoms with Crippen LogP contribution in [0.1, 0.15) is 13.3 Å². The summed E-state index contributed by atoms with van der Waals surface area (Å²) < 4.78 is 12.7. The second kappa shape index (κ2) is 8.53. The first-order valence-corrected chi connectivity index (χ1v) is 7.02. The average Bonchev–Trinajstić information content (AvgIpc) is 2.42. The molecule has 0 aliphatic carbocycles. The first-order chi connectivity index (χ1) is 9.11. The van der Waals surface area contributed by atoms with Crippen LogP contribution < -0.4 is 10.6 Å². The van der Waals surface area contributed by atoms with Gasteiger partial charge in [-0.15, -0.1) is 11.8 Å². The molecule has 2 amide bonds. The molecule has 2 N–H and O–H groups in total. The van der Waals surface area contributed by atoms with Gasteiger partial charge in [-0.25, -0.2) is 4.39 Å². The molecule has 0 unspecified atom stereocenters. The average molecular weight is 284 g/mol. The van der Waals surface area contributed by atoms with Crippen molar-refractivity contribution in [1.29, 1.82) is 0 Å².